The molecule has 1 aromatic heterocycles. The van der Waals surface area contributed by atoms with Gasteiger partial charge in [0.2, 0.25) is 0 Å². The van der Waals surface area contributed by atoms with Crippen molar-refractivity contribution in [2.45, 2.75) is 25.5 Å². The van der Waals surface area contributed by atoms with Gasteiger partial charge in [0, 0.05) is 50.5 Å². The fourth-order valence-corrected chi connectivity index (χ4v) is 4.07. The number of carbonyl (C=O) groups is 1. The molecule has 5 heteroatoms. The summed E-state index contributed by atoms with van der Waals surface area (Å²) in [6.07, 6.45) is 6.15. The Kier molecular flexibility index (Phi) is 4.25. The molecule has 0 aliphatic carbocycles. The summed E-state index contributed by atoms with van der Waals surface area (Å²) in [4.78, 5) is 14.2. The van der Waals surface area contributed by atoms with Crippen LogP contribution >= 0.6 is 0 Å². The number of piperidine rings is 1. The monoisotopic (exact) mass is 339 g/mol. The molecule has 0 bridgehead atoms. The van der Waals surface area contributed by atoms with Crippen molar-refractivity contribution >= 4 is 6.09 Å². The zero-order valence-corrected chi connectivity index (χ0v) is 14.6. The highest BCUT2D eigenvalue weighted by Gasteiger charge is 2.49. The van der Waals surface area contributed by atoms with Gasteiger partial charge in [0.25, 0.3) is 0 Å². The molecule has 25 heavy (non-hydrogen) atoms. The second-order valence-electron chi connectivity index (χ2n) is 7.31. The smallest absolute Gasteiger partial charge is 0.410 e. The minimum absolute atomic E-state index is 0.192. The lowest BCUT2D eigenvalue weighted by atomic mass is 9.65. The van der Waals surface area contributed by atoms with E-state index in [9.17, 15) is 4.79 Å². The third-order valence-corrected chi connectivity index (χ3v) is 5.68. The third-order valence-electron chi connectivity index (χ3n) is 5.68. The van der Waals surface area contributed by atoms with Gasteiger partial charge < -0.3 is 19.5 Å². The maximum absolute atomic E-state index is 12.3. The predicted molar refractivity (Wildman–Crippen MR) is 96.0 cm³/mol. The summed E-state index contributed by atoms with van der Waals surface area (Å²) in [6.45, 7) is 2.94. The van der Waals surface area contributed by atoms with Gasteiger partial charge in [-0.3, -0.25) is 0 Å². The molecule has 0 saturated carbocycles. The molecule has 2 aromatic rings. The molecule has 2 aliphatic heterocycles. The summed E-state index contributed by atoms with van der Waals surface area (Å²) in [7, 11) is 2.06. The average Bonchev–Trinajstić information content (AvgIpc) is 3.05. The number of likely N-dealkylation sites (tertiary alicyclic amines) is 1. The first-order valence-electron chi connectivity index (χ1n) is 8.97. The van der Waals surface area contributed by atoms with Crippen molar-refractivity contribution in [3.63, 3.8) is 0 Å². The van der Waals surface area contributed by atoms with E-state index in [1.54, 1.807) is 0 Å². The summed E-state index contributed by atoms with van der Waals surface area (Å²) in [5.74, 6) is 0. The van der Waals surface area contributed by atoms with Crippen LogP contribution in [0.3, 0.4) is 0 Å². The minimum Gasteiger partial charge on any atom is -0.445 e. The van der Waals surface area contributed by atoms with E-state index in [2.05, 4.69) is 35.4 Å². The maximum Gasteiger partial charge on any atom is 0.410 e. The van der Waals surface area contributed by atoms with Crippen LogP contribution in [0.2, 0.25) is 0 Å². The zero-order chi connectivity index (χ0) is 17.3. The number of nitrogens with one attached hydrogen (secondary N) is 1. The molecule has 132 valence electrons. The summed E-state index contributed by atoms with van der Waals surface area (Å²) in [5.41, 5.74) is 2.67. The summed E-state index contributed by atoms with van der Waals surface area (Å²) >= 11 is 0. The van der Waals surface area contributed by atoms with Gasteiger partial charge in [-0.05, 0) is 30.0 Å². The van der Waals surface area contributed by atoms with Crippen LogP contribution < -0.4 is 5.32 Å². The molecule has 0 radical (unpaired) electrons. The standard InChI is InChI=1S/C20H25N3O2/c1-22-10-7-17(13-22)18-20(15-21-18)8-11-23(12-9-20)19(24)25-14-16-5-3-2-4-6-16/h2-7,10,13,18,21H,8-9,11-12,14-15H2,1H3/t18-/m1/s1. The quantitative estimate of drug-likeness (QED) is 0.935. The molecule has 1 N–H and O–H groups in total. The van der Waals surface area contributed by atoms with E-state index < -0.39 is 0 Å². The van der Waals surface area contributed by atoms with Gasteiger partial charge in [0.15, 0.2) is 0 Å². The van der Waals surface area contributed by atoms with Gasteiger partial charge >= 0.3 is 6.09 Å². The Morgan fingerprint density at radius 1 is 1.24 bits per heavy atom. The first-order valence-corrected chi connectivity index (χ1v) is 8.97. The van der Waals surface area contributed by atoms with E-state index in [1.807, 2.05) is 35.2 Å². The Morgan fingerprint density at radius 3 is 2.60 bits per heavy atom. The fourth-order valence-electron chi connectivity index (χ4n) is 4.07. The van der Waals surface area contributed by atoms with E-state index in [0.29, 0.717) is 12.6 Å². The topological polar surface area (TPSA) is 46.5 Å². The Hall–Kier alpha value is -2.27. The van der Waals surface area contributed by atoms with Crippen molar-refractivity contribution in [1.29, 1.82) is 0 Å². The Balaban J connectivity index is 1.31. The second kappa shape index (κ2) is 6.56. The van der Waals surface area contributed by atoms with Gasteiger partial charge in [-0.15, -0.1) is 0 Å². The molecule has 0 unspecified atom stereocenters. The van der Waals surface area contributed by atoms with Crippen LogP contribution in [0.4, 0.5) is 4.79 Å². The van der Waals surface area contributed by atoms with E-state index in [1.165, 1.54) is 5.56 Å². The maximum atomic E-state index is 12.3. The second-order valence-corrected chi connectivity index (χ2v) is 7.31. The first-order chi connectivity index (χ1) is 12.2. The lowest BCUT2D eigenvalue weighted by Gasteiger charge is -2.54. The summed E-state index contributed by atoms with van der Waals surface area (Å²) in [6, 6.07) is 12.4. The van der Waals surface area contributed by atoms with Crippen molar-refractivity contribution in [3.05, 3.63) is 59.9 Å². The van der Waals surface area contributed by atoms with E-state index in [4.69, 9.17) is 4.74 Å². The molecular weight excluding hydrogens is 314 g/mol. The number of amides is 1. The lowest BCUT2D eigenvalue weighted by Crippen LogP contribution is -2.60. The Labute approximate surface area is 148 Å². The van der Waals surface area contributed by atoms with Crippen LogP contribution in [-0.4, -0.2) is 35.2 Å². The van der Waals surface area contributed by atoms with Crippen LogP contribution in [0, 0.1) is 5.41 Å². The molecule has 1 aromatic carbocycles. The normalized spacial score (nSPS) is 21.8. The van der Waals surface area contributed by atoms with Gasteiger partial charge in [0.1, 0.15) is 6.61 Å². The molecule has 4 rings (SSSR count). The summed E-state index contributed by atoms with van der Waals surface area (Å²) in [5, 5.41) is 3.58. The highest BCUT2D eigenvalue weighted by molar-refractivity contribution is 5.67. The first kappa shape index (κ1) is 16.2. The van der Waals surface area contributed by atoms with Gasteiger partial charge in [0.05, 0.1) is 0 Å². The molecule has 2 saturated heterocycles. The fraction of sp³-hybridized carbons (Fsp3) is 0.450. The number of nitrogens with zero attached hydrogens (tertiary/aromatic N) is 2. The minimum atomic E-state index is -0.192. The van der Waals surface area contributed by atoms with Gasteiger partial charge in [-0.25, -0.2) is 4.79 Å². The van der Waals surface area contributed by atoms with E-state index in [-0.39, 0.29) is 11.5 Å². The van der Waals surface area contributed by atoms with Crippen molar-refractivity contribution in [2.75, 3.05) is 19.6 Å². The van der Waals surface area contributed by atoms with E-state index >= 15 is 0 Å². The molecule has 1 spiro atoms. The molecule has 1 amide bonds. The molecule has 1 atom stereocenters. The Morgan fingerprint density at radius 2 is 2.00 bits per heavy atom. The number of aryl methyl sites for hydroxylation is 1. The van der Waals surface area contributed by atoms with Crippen LogP contribution in [0.25, 0.3) is 0 Å². The highest BCUT2D eigenvalue weighted by atomic mass is 16.6. The van der Waals surface area contributed by atoms with Crippen molar-refractivity contribution in [3.8, 4) is 0 Å². The van der Waals surface area contributed by atoms with Crippen LogP contribution in [-0.2, 0) is 18.4 Å². The van der Waals surface area contributed by atoms with Crippen LogP contribution in [0.15, 0.2) is 48.8 Å². The van der Waals surface area contributed by atoms with Crippen molar-refractivity contribution < 1.29 is 9.53 Å². The number of benzene rings is 1. The number of carbonyl (C=O) groups excluding carboxylic acids is 1. The third kappa shape index (κ3) is 3.16. The van der Waals surface area contributed by atoms with Gasteiger partial charge in [-0.2, -0.15) is 0 Å². The van der Waals surface area contributed by atoms with Crippen molar-refractivity contribution in [1.82, 2.24) is 14.8 Å². The molecule has 5 nitrogen and oxygen atoms in total. The number of rotatable bonds is 3. The molecule has 2 aliphatic rings. The molecule has 2 fully saturated rings. The number of ether oxygens (including phenoxy) is 1. The zero-order valence-electron chi connectivity index (χ0n) is 14.6. The highest BCUT2D eigenvalue weighted by Crippen LogP contribution is 2.48. The predicted octanol–water partition coefficient (Wildman–Crippen LogP) is 3.09. The number of aromatic nitrogens is 1. The van der Waals surface area contributed by atoms with Crippen LogP contribution in [0.1, 0.15) is 30.0 Å². The number of hydrogen-bond acceptors (Lipinski definition) is 3. The largest absolute Gasteiger partial charge is 0.445 e. The number of hydrogen-bond donors (Lipinski definition) is 1. The average molecular weight is 339 g/mol. The molecular formula is C20H25N3O2. The molecule has 3 heterocycles. The SMILES string of the molecule is Cn1ccc([C@H]2NCC23CCN(C(=O)OCc2ccccc2)CC3)c1. The summed E-state index contributed by atoms with van der Waals surface area (Å²) < 4.78 is 7.57. The Bertz CT molecular complexity index is 732. The van der Waals surface area contributed by atoms with Gasteiger partial charge in [-0.1, -0.05) is 30.3 Å². The van der Waals surface area contributed by atoms with Crippen molar-refractivity contribution in [2.24, 2.45) is 12.5 Å². The lowest BCUT2D eigenvalue weighted by molar-refractivity contribution is 0.0000889. The van der Waals surface area contributed by atoms with Crippen LogP contribution in [0.5, 0.6) is 0 Å². The van der Waals surface area contributed by atoms with E-state index in [0.717, 1.165) is 38.0 Å².